The molecule has 8 nitrogen and oxygen atoms in total. The number of ether oxygens (including phenoxy) is 1. The molecule has 1 aromatic carbocycles. The molecule has 28 heavy (non-hydrogen) atoms. The third-order valence-electron chi connectivity index (χ3n) is 5.65. The Hall–Kier alpha value is -1.81. The lowest BCUT2D eigenvalue weighted by Gasteiger charge is -2.37. The Morgan fingerprint density at radius 2 is 1.82 bits per heavy atom. The van der Waals surface area contributed by atoms with E-state index in [1.807, 2.05) is 37.3 Å². The standard InChI is InChI=1S/C19H27N5O3S/c1-15-12-23(28(25,26)22-10-8-16(9-11-22)14-27-2)13-18-20-21-19(24(15)18)17-6-4-3-5-7-17/h3-7,15-16H,8-14H2,1-2H3/t15-/m0/s1. The summed E-state index contributed by atoms with van der Waals surface area (Å²) in [7, 11) is -1.82. The lowest BCUT2D eigenvalue weighted by atomic mass is 9.99. The maximum Gasteiger partial charge on any atom is 0.282 e. The van der Waals surface area contributed by atoms with Crippen LogP contribution in [-0.4, -0.2) is 65.1 Å². The normalized spacial score (nSPS) is 22.3. The lowest BCUT2D eigenvalue weighted by Crippen LogP contribution is -2.50. The van der Waals surface area contributed by atoms with E-state index in [-0.39, 0.29) is 12.6 Å². The number of hydrogen-bond donors (Lipinski definition) is 0. The molecule has 9 heteroatoms. The van der Waals surface area contributed by atoms with Crippen LogP contribution in [0.1, 0.15) is 31.6 Å². The number of fused-ring (bicyclic) bond motifs is 1. The zero-order valence-electron chi connectivity index (χ0n) is 16.4. The van der Waals surface area contributed by atoms with Crippen LogP contribution in [0, 0.1) is 5.92 Å². The molecule has 1 atom stereocenters. The second kappa shape index (κ2) is 7.90. The molecule has 1 fully saturated rings. The third kappa shape index (κ3) is 3.59. The molecule has 0 amide bonds. The van der Waals surface area contributed by atoms with Crippen molar-refractivity contribution in [3.05, 3.63) is 36.2 Å². The monoisotopic (exact) mass is 405 g/mol. The van der Waals surface area contributed by atoms with Crippen molar-refractivity contribution in [3.63, 3.8) is 0 Å². The average molecular weight is 406 g/mol. The molecule has 2 aliphatic heterocycles. The molecule has 1 saturated heterocycles. The van der Waals surface area contributed by atoms with Gasteiger partial charge in [-0.15, -0.1) is 10.2 Å². The van der Waals surface area contributed by atoms with Crippen LogP contribution in [0.25, 0.3) is 11.4 Å². The molecular weight excluding hydrogens is 378 g/mol. The third-order valence-corrected chi connectivity index (χ3v) is 7.60. The van der Waals surface area contributed by atoms with Crippen molar-refractivity contribution in [3.8, 4) is 11.4 Å². The predicted molar refractivity (Wildman–Crippen MR) is 106 cm³/mol. The minimum Gasteiger partial charge on any atom is -0.384 e. The number of piperidine rings is 1. The molecule has 0 N–H and O–H groups in total. The number of aromatic nitrogens is 3. The topological polar surface area (TPSA) is 80.6 Å². The van der Waals surface area contributed by atoms with Gasteiger partial charge in [0.15, 0.2) is 5.82 Å². The molecule has 0 bridgehead atoms. The van der Waals surface area contributed by atoms with E-state index in [0.717, 1.165) is 24.2 Å². The summed E-state index contributed by atoms with van der Waals surface area (Å²) in [5.41, 5.74) is 0.990. The first-order chi connectivity index (χ1) is 13.5. The number of benzene rings is 1. The van der Waals surface area contributed by atoms with E-state index in [0.29, 0.717) is 38.0 Å². The Labute approximate surface area is 166 Å². The quantitative estimate of drug-likeness (QED) is 0.759. The smallest absolute Gasteiger partial charge is 0.282 e. The van der Waals surface area contributed by atoms with Gasteiger partial charge in [0.05, 0.1) is 6.54 Å². The van der Waals surface area contributed by atoms with E-state index in [1.54, 1.807) is 15.7 Å². The van der Waals surface area contributed by atoms with Crippen LogP contribution >= 0.6 is 0 Å². The van der Waals surface area contributed by atoms with Gasteiger partial charge in [-0.2, -0.15) is 17.0 Å². The second-order valence-corrected chi connectivity index (χ2v) is 9.55. The first kappa shape index (κ1) is 19.5. The predicted octanol–water partition coefficient (Wildman–Crippen LogP) is 1.92. The summed E-state index contributed by atoms with van der Waals surface area (Å²) in [5.74, 6) is 1.92. The minimum atomic E-state index is -3.51. The van der Waals surface area contributed by atoms with Crippen LogP contribution in [0.4, 0.5) is 0 Å². The molecule has 0 saturated carbocycles. The van der Waals surface area contributed by atoms with E-state index >= 15 is 0 Å². The van der Waals surface area contributed by atoms with Gasteiger partial charge in [0, 0.05) is 45.0 Å². The van der Waals surface area contributed by atoms with Crippen molar-refractivity contribution in [2.75, 3.05) is 33.4 Å². The molecule has 152 valence electrons. The highest BCUT2D eigenvalue weighted by atomic mass is 32.2. The van der Waals surface area contributed by atoms with E-state index in [9.17, 15) is 8.42 Å². The molecular formula is C19H27N5O3S. The Kier molecular flexibility index (Phi) is 5.50. The molecule has 2 aliphatic rings. The summed E-state index contributed by atoms with van der Waals surface area (Å²) < 4.78 is 36.8. The fourth-order valence-electron chi connectivity index (χ4n) is 4.16. The zero-order valence-corrected chi connectivity index (χ0v) is 17.2. The number of methoxy groups -OCH3 is 1. The number of hydrogen-bond acceptors (Lipinski definition) is 5. The van der Waals surface area contributed by atoms with Gasteiger partial charge >= 0.3 is 0 Å². The molecule has 2 aromatic rings. The second-order valence-electron chi connectivity index (χ2n) is 7.62. The molecule has 0 unspecified atom stereocenters. The summed E-state index contributed by atoms with van der Waals surface area (Å²) in [6.45, 7) is 4.48. The van der Waals surface area contributed by atoms with Gasteiger partial charge in [-0.1, -0.05) is 30.3 Å². The van der Waals surface area contributed by atoms with Crippen molar-refractivity contribution in [2.45, 2.75) is 32.4 Å². The van der Waals surface area contributed by atoms with Gasteiger partial charge in [0.1, 0.15) is 5.82 Å². The molecule has 4 rings (SSSR count). The van der Waals surface area contributed by atoms with Crippen molar-refractivity contribution in [1.29, 1.82) is 0 Å². The maximum atomic E-state index is 13.2. The largest absolute Gasteiger partial charge is 0.384 e. The summed E-state index contributed by atoms with van der Waals surface area (Å²) in [6.07, 6.45) is 1.68. The number of nitrogens with zero attached hydrogens (tertiary/aromatic N) is 5. The van der Waals surface area contributed by atoms with Gasteiger partial charge in [-0.25, -0.2) is 0 Å². The van der Waals surface area contributed by atoms with Crippen LogP contribution in [0.2, 0.25) is 0 Å². The highest BCUT2D eigenvalue weighted by molar-refractivity contribution is 7.86. The van der Waals surface area contributed by atoms with Crippen LogP contribution in [0.3, 0.4) is 0 Å². The first-order valence-electron chi connectivity index (χ1n) is 9.74. The van der Waals surface area contributed by atoms with Gasteiger partial charge in [0.25, 0.3) is 10.2 Å². The SMILES string of the molecule is COCC1CCN(S(=O)(=O)N2Cc3nnc(-c4ccccc4)n3[C@@H](C)C2)CC1. The van der Waals surface area contributed by atoms with E-state index in [1.165, 1.54) is 0 Å². The zero-order chi connectivity index (χ0) is 19.7. The summed E-state index contributed by atoms with van der Waals surface area (Å²) in [4.78, 5) is 0. The fourth-order valence-corrected chi connectivity index (χ4v) is 5.84. The molecule has 0 radical (unpaired) electrons. The summed E-state index contributed by atoms with van der Waals surface area (Å²) in [6, 6.07) is 9.86. The van der Waals surface area contributed by atoms with E-state index in [4.69, 9.17) is 4.74 Å². The first-order valence-corrected chi connectivity index (χ1v) is 11.1. The van der Waals surface area contributed by atoms with Crippen LogP contribution in [0.15, 0.2) is 30.3 Å². The highest BCUT2D eigenvalue weighted by Crippen LogP contribution is 2.30. The summed E-state index contributed by atoms with van der Waals surface area (Å²) >= 11 is 0. The van der Waals surface area contributed by atoms with E-state index < -0.39 is 10.2 Å². The minimum absolute atomic E-state index is 0.0326. The summed E-state index contributed by atoms with van der Waals surface area (Å²) in [5, 5.41) is 8.64. The Morgan fingerprint density at radius 3 is 2.50 bits per heavy atom. The Bertz CT molecular complexity index is 907. The molecule has 0 spiro atoms. The van der Waals surface area contributed by atoms with Gasteiger partial charge < -0.3 is 9.30 Å². The highest BCUT2D eigenvalue weighted by Gasteiger charge is 2.38. The number of rotatable bonds is 5. The van der Waals surface area contributed by atoms with Crippen LogP contribution in [0.5, 0.6) is 0 Å². The Balaban J connectivity index is 1.53. The Morgan fingerprint density at radius 1 is 1.11 bits per heavy atom. The van der Waals surface area contributed by atoms with Gasteiger partial charge in [-0.3, -0.25) is 0 Å². The molecule has 3 heterocycles. The van der Waals surface area contributed by atoms with Gasteiger partial charge in [0.2, 0.25) is 0 Å². The molecule has 1 aromatic heterocycles. The molecule has 0 aliphatic carbocycles. The maximum absolute atomic E-state index is 13.2. The van der Waals surface area contributed by atoms with Crippen molar-refractivity contribution in [1.82, 2.24) is 23.4 Å². The van der Waals surface area contributed by atoms with Crippen molar-refractivity contribution < 1.29 is 13.2 Å². The fraction of sp³-hybridized carbons (Fsp3) is 0.579. The lowest BCUT2D eigenvalue weighted by molar-refractivity contribution is 0.119. The van der Waals surface area contributed by atoms with E-state index in [2.05, 4.69) is 14.8 Å². The van der Waals surface area contributed by atoms with Gasteiger partial charge in [-0.05, 0) is 25.7 Å². The average Bonchev–Trinajstić information content (AvgIpc) is 3.14. The van der Waals surface area contributed by atoms with Crippen LogP contribution < -0.4 is 0 Å². The van der Waals surface area contributed by atoms with Crippen molar-refractivity contribution in [2.24, 2.45) is 5.92 Å². The van der Waals surface area contributed by atoms with Crippen molar-refractivity contribution >= 4 is 10.2 Å². The van der Waals surface area contributed by atoms with Crippen LogP contribution in [-0.2, 0) is 21.5 Å².